The van der Waals surface area contributed by atoms with Crippen LogP contribution in [0.4, 0.5) is 5.69 Å². The summed E-state index contributed by atoms with van der Waals surface area (Å²) in [6.45, 7) is 1.70. The van der Waals surface area contributed by atoms with Gasteiger partial charge in [-0.25, -0.2) is 4.79 Å². The number of thioether (sulfide) groups is 1. The van der Waals surface area contributed by atoms with Gasteiger partial charge in [-0.2, -0.15) is 24.4 Å². The molecule has 1 heterocycles. The van der Waals surface area contributed by atoms with Gasteiger partial charge in [-0.3, -0.25) is 4.79 Å². The second-order valence-electron chi connectivity index (χ2n) is 6.29. The van der Waals surface area contributed by atoms with E-state index in [2.05, 4.69) is 28.6 Å². The van der Waals surface area contributed by atoms with Crippen molar-refractivity contribution in [3.63, 3.8) is 0 Å². The minimum absolute atomic E-state index is 0.278. The van der Waals surface area contributed by atoms with Crippen LogP contribution in [0.25, 0.3) is 0 Å². The molecule has 0 radical (unpaired) electrons. The van der Waals surface area contributed by atoms with E-state index in [-0.39, 0.29) is 5.91 Å². The van der Waals surface area contributed by atoms with E-state index in [1.165, 1.54) is 7.11 Å². The lowest BCUT2D eigenvalue weighted by Crippen LogP contribution is -2.42. The third-order valence-corrected chi connectivity index (χ3v) is 5.32. The van der Waals surface area contributed by atoms with E-state index in [1.807, 2.05) is 18.4 Å². The molecule has 0 bridgehead atoms. The SMILES string of the molecule is COC(=O)C(CCSC)NC(=O)c1cccc(NC[C@@H]2CC(S)CN2)c1. The molecular formula is C18H27N3O3S2. The van der Waals surface area contributed by atoms with Crippen LogP contribution >= 0.6 is 24.4 Å². The van der Waals surface area contributed by atoms with E-state index in [1.54, 1.807) is 23.9 Å². The Kier molecular flexibility index (Phi) is 8.61. The lowest BCUT2D eigenvalue weighted by Gasteiger charge is -2.17. The van der Waals surface area contributed by atoms with Crippen LogP contribution in [0.3, 0.4) is 0 Å². The fourth-order valence-corrected chi connectivity index (χ4v) is 3.66. The highest BCUT2D eigenvalue weighted by atomic mass is 32.2. The van der Waals surface area contributed by atoms with Crippen LogP contribution in [0.2, 0.25) is 0 Å². The van der Waals surface area contributed by atoms with Gasteiger partial charge in [-0.1, -0.05) is 6.07 Å². The average Bonchev–Trinajstić information content (AvgIpc) is 3.08. The summed E-state index contributed by atoms with van der Waals surface area (Å²) < 4.78 is 4.79. The third kappa shape index (κ3) is 6.41. The van der Waals surface area contributed by atoms with Gasteiger partial charge in [0.25, 0.3) is 5.91 Å². The second kappa shape index (κ2) is 10.7. The Morgan fingerprint density at radius 3 is 2.92 bits per heavy atom. The summed E-state index contributed by atoms with van der Waals surface area (Å²) >= 11 is 6.09. The van der Waals surface area contributed by atoms with E-state index in [0.29, 0.717) is 23.3 Å². The predicted octanol–water partition coefficient (Wildman–Crippen LogP) is 1.78. The van der Waals surface area contributed by atoms with Crippen molar-refractivity contribution in [2.45, 2.75) is 30.2 Å². The number of rotatable bonds is 9. The van der Waals surface area contributed by atoms with Crippen LogP contribution in [-0.2, 0) is 9.53 Å². The van der Waals surface area contributed by atoms with Crippen molar-refractivity contribution in [1.82, 2.24) is 10.6 Å². The molecule has 0 saturated carbocycles. The fraction of sp³-hybridized carbons (Fsp3) is 0.556. The molecule has 1 aromatic rings. The number of hydrogen-bond donors (Lipinski definition) is 4. The molecule has 1 aliphatic heterocycles. The maximum Gasteiger partial charge on any atom is 0.328 e. The molecule has 1 amide bonds. The zero-order valence-corrected chi connectivity index (χ0v) is 16.9. The largest absolute Gasteiger partial charge is 0.467 e. The first-order valence-electron chi connectivity index (χ1n) is 8.66. The van der Waals surface area contributed by atoms with Crippen LogP contribution < -0.4 is 16.0 Å². The number of carbonyl (C=O) groups excluding carboxylic acids is 2. The van der Waals surface area contributed by atoms with Crippen molar-refractivity contribution >= 4 is 42.0 Å². The summed E-state index contributed by atoms with van der Waals surface area (Å²) in [7, 11) is 1.33. The molecule has 3 N–H and O–H groups in total. The van der Waals surface area contributed by atoms with Crippen LogP contribution in [0.15, 0.2) is 24.3 Å². The highest BCUT2D eigenvalue weighted by molar-refractivity contribution is 7.98. The summed E-state index contributed by atoms with van der Waals surface area (Å²) in [5.41, 5.74) is 1.39. The molecule has 1 fully saturated rings. The number of ether oxygens (including phenoxy) is 1. The van der Waals surface area contributed by atoms with Crippen molar-refractivity contribution in [2.75, 3.05) is 37.5 Å². The number of methoxy groups -OCH3 is 1. The molecular weight excluding hydrogens is 370 g/mol. The minimum Gasteiger partial charge on any atom is -0.467 e. The summed E-state index contributed by atoms with van der Waals surface area (Å²) in [4.78, 5) is 24.4. The molecule has 3 atom stereocenters. The lowest BCUT2D eigenvalue weighted by molar-refractivity contribution is -0.142. The zero-order chi connectivity index (χ0) is 18.9. The number of amides is 1. The summed E-state index contributed by atoms with van der Waals surface area (Å²) in [5.74, 6) is 0.0668. The molecule has 26 heavy (non-hydrogen) atoms. The molecule has 2 unspecified atom stereocenters. The van der Waals surface area contributed by atoms with Gasteiger partial charge in [-0.15, -0.1) is 0 Å². The van der Waals surface area contributed by atoms with Gasteiger partial charge in [0.05, 0.1) is 7.11 Å². The van der Waals surface area contributed by atoms with Gasteiger partial charge in [-0.05, 0) is 43.0 Å². The van der Waals surface area contributed by atoms with Gasteiger partial charge in [0, 0.05) is 35.6 Å². The molecule has 0 aliphatic carbocycles. The van der Waals surface area contributed by atoms with Crippen LogP contribution in [0, 0.1) is 0 Å². The van der Waals surface area contributed by atoms with Crippen molar-refractivity contribution < 1.29 is 14.3 Å². The van der Waals surface area contributed by atoms with Crippen molar-refractivity contribution in [2.24, 2.45) is 0 Å². The van der Waals surface area contributed by atoms with E-state index in [9.17, 15) is 9.59 Å². The number of hydrogen-bond acceptors (Lipinski definition) is 7. The monoisotopic (exact) mass is 397 g/mol. The molecule has 0 aromatic heterocycles. The molecule has 6 nitrogen and oxygen atoms in total. The minimum atomic E-state index is -0.633. The Labute approximate surface area is 164 Å². The van der Waals surface area contributed by atoms with Gasteiger partial charge in [0.15, 0.2) is 0 Å². The fourth-order valence-electron chi connectivity index (χ4n) is 2.83. The van der Waals surface area contributed by atoms with E-state index in [0.717, 1.165) is 31.0 Å². The zero-order valence-electron chi connectivity index (χ0n) is 15.2. The van der Waals surface area contributed by atoms with E-state index in [4.69, 9.17) is 4.74 Å². The molecule has 8 heteroatoms. The Morgan fingerprint density at radius 1 is 1.46 bits per heavy atom. The molecule has 144 valence electrons. The highest BCUT2D eigenvalue weighted by Gasteiger charge is 2.22. The number of nitrogens with one attached hydrogen (secondary N) is 3. The Balaban J connectivity index is 1.94. The van der Waals surface area contributed by atoms with Gasteiger partial charge in [0.1, 0.15) is 6.04 Å². The van der Waals surface area contributed by atoms with E-state index < -0.39 is 12.0 Å². The van der Waals surface area contributed by atoms with Gasteiger partial charge in [0.2, 0.25) is 0 Å². The second-order valence-corrected chi connectivity index (χ2v) is 8.00. The van der Waals surface area contributed by atoms with Crippen molar-refractivity contribution in [3.8, 4) is 0 Å². The average molecular weight is 398 g/mol. The standard InChI is InChI=1S/C18H27N3O3S2/c1-24-18(23)16(6-7-26-2)21-17(22)12-4-3-5-13(8-12)19-10-14-9-15(25)11-20-14/h3-5,8,14-16,19-20,25H,6-7,9-11H2,1-2H3,(H,21,22)/t14-,15?,16?/m0/s1. The smallest absolute Gasteiger partial charge is 0.328 e. The number of thiol groups is 1. The van der Waals surface area contributed by atoms with Gasteiger partial charge < -0.3 is 20.7 Å². The number of anilines is 1. The Morgan fingerprint density at radius 2 is 2.27 bits per heavy atom. The van der Waals surface area contributed by atoms with Crippen LogP contribution in [0.5, 0.6) is 0 Å². The van der Waals surface area contributed by atoms with Crippen LogP contribution in [-0.4, -0.2) is 61.4 Å². The predicted molar refractivity (Wildman–Crippen MR) is 110 cm³/mol. The number of carbonyl (C=O) groups is 2. The van der Waals surface area contributed by atoms with Gasteiger partial charge >= 0.3 is 5.97 Å². The topological polar surface area (TPSA) is 79.5 Å². The first-order valence-corrected chi connectivity index (χ1v) is 10.6. The quantitative estimate of drug-likeness (QED) is 0.376. The molecule has 0 spiro atoms. The summed E-state index contributed by atoms with van der Waals surface area (Å²) in [5, 5.41) is 9.93. The summed E-state index contributed by atoms with van der Waals surface area (Å²) in [6.07, 6.45) is 3.52. The summed E-state index contributed by atoms with van der Waals surface area (Å²) in [6, 6.07) is 7.04. The highest BCUT2D eigenvalue weighted by Crippen LogP contribution is 2.15. The number of esters is 1. The molecule has 1 aliphatic rings. The van der Waals surface area contributed by atoms with E-state index >= 15 is 0 Å². The molecule has 1 saturated heterocycles. The normalized spacial score (nSPS) is 20.4. The van der Waals surface area contributed by atoms with Crippen molar-refractivity contribution in [1.29, 1.82) is 0 Å². The lowest BCUT2D eigenvalue weighted by atomic mass is 10.1. The third-order valence-electron chi connectivity index (χ3n) is 4.28. The first kappa shape index (κ1) is 20.9. The Bertz CT molecular complexity index is 615. The van der Waals surface area contributed by atoms with Crippen molar-refractivity contribution in [3.05, 3.63) is 29.8 Å². The maximum atomic E-state index is 12.5. The van der Waals surface area contributed by atoms with Crippen LogP contribution in [0.1, 0.15) is 23.2 Å². The Hall–Kier alpha value is -1.38. The molecule has 1 aromatic carbocycles. The number of benzene rings is 1. The maximum absolute atomic E-state index is 12.5. The first-order chi connectivity index (χ1) is 12.5. The molecule has 2 rings (SSSR count).